The monoisotopic (exact) mass is 256 g/mol. The third-order valence-electron chi connectivity index (χ3n) is 3.47. The van der Waals surface area contributed by atoms with Gasteiger partial charge in [-0.25, -0.2) is 0 Å². The van der Waals surface area contributed by atoms with Crippen molar-refractivity contribution >= 4 is 11.9 Å². The minimum Gasteiger partial charge on any atom is -0.465 e. The normalized spacial score (nSPS) is 18.1. The van der Waals surface area contributed by atoms with Crippen LogP contribution in [-0.2, 0) is 14.3 Å². The van der Waals surface area contributed by atoms with Crippen molar-refractivity contribution in [2.24, 2.45) is 5.41 Å². The van der Waals surface area contributed by atoms with Gasteiger partial charge in [0.2, 0.25) is 5.91 Å². The van der Waals surface area contributed by atoms with Crippen LogP contribution in [0.1, 0.15) is 39.5 Å². The van der Waals surface area contributed by atoms with Gasteiger partial charge in [-0.05, 0) is 39.3 Å². The zero-order valence-corrected chi connectivity index (χ0v) is 11.4. The summed E-state index contributed by atoms with van der Waals surface area (Å²) in [6, 6.07) is 0. The van der Waals surface area contributed by atoms with Crippen molar-refractivity contribution in [3.63, 3.8) is 0 Å². The molecule has 0 unspecified atom stereocenters. The molecule has 0 bridgehead atoms. The lowest BCUT2D eigenvalue weighted by atomic mass is 9.74. The first kappa shape index (κ1) is 15.0. The summed E-state index contributed by atoms with van der Waals surface area (Å²) in [5.41, 5.74) is -0.299. The van der Waals surface area contributed by atoms with Gasteiger partial charge in [-0.1, -0.05) is 13.3 Å². The third-order valence-corrected chi connectivity index (χ3v) is 3.47. The third kappa shape index (κ3) is 3.98. The highest BCUT2D eigenvalue weighted by atomic mass is 16.5. The molecule has 1 fully saturated rings. The first-order valence-electron chi connectivity index (χ1n) is 6.79. The molecule has 0 aromatic carbocycles. The zero-order chi connectivity index (χ0) is 13.4. The van der Waals surface area contributed by atoms with Crippen LogP contribution in [0.4, 0.5) is 0 Å². The van der Waals surface area contributed by atoms with Gasteiger partial charge >= 0.3 is 5.97 Å². The van der Waals surface area contributed by atoms with E-state index in [1.165, 1.54) is 0 Å². The number of nitrogens with one attached hydrogen (secondary N) is 2. The molecule has 18 heavy (non-hydrogen) atoms. The summed E-state index contributed by atoms with van der Waals surface area (Å²) in [5.74, 6) is -0.370. The van der Waals surface area contributed by atoms with Crippen LogP contribution in [0.25, 0.3) is 0 Å². The van der Waals surface area contributed by atoms with Gasteiger partial charge in [0.25, 0.3) is 0 Å². The molecule has 1 heterocycles. The highest BCUT2D eigenvalue weighted by Crippen LogP contribution is 2.34. The topological polar surface area (TPSA) is 67.4 Å². The molecule has 0 aromatic heterocycles. The summed E-state index contributed by atoms with van der Waals surface area (Å²) in [6.45, 7) is 5.90. The number of piperidine rings is 1. The second-order valence-corrected chi connectivity index (χ2v) is 4.77. The van der Waals surface area contributed by atoms with Crippen LogP contribution >= 0.6 is 0 Å². The van der Waals surface area contributed by atoms with E-state index in [-0.39, 0.29) is 23.8 Å². The minimum atomic E-state index is -0.369. The molecule has 104 valence electrons. The van der Waals surface area contributed by atoms with Crippen LogP contribution in [0.15, 0.2) is 0 Å². The number of ether oxygens (including phenoxy) is 1. The van der Waals surface area contributed by atoms with Crippen molar-refractivity contribution < 1.29 is 14.3 Å². The van der Waals surface area contributed by atoms with Gasteiger partial charge < -0.3 is 15.4 Å². The Labute approximate surface area is 109 Å². The van der Waals surface area contributed by atoms with Gasteiger partial charge in [-0.3, -0.25) is 9.59 Å². The average Bonchev–Trinajstić information content (AvgIpc) is 2.38. The number of amides is 1. The van der Waals surface area contributed by atoms with Crippen LogP contribution < -0.4 is 10.6 Å². The van der Waals surface area contributed by atoms with Crippen molar-refractivity contribution in [2.45, 2.75) is 39.5 Å². The number of esters is 1. The van der Waals surface area contributed by atoms with Gasteiger partial charge in [-0.2, -0.15) is 0 Å². The van der Waals surface area contributed by atoms with Gasteiger partial charge in [0.15, 0.2) is 0 Å². The zero-order valence-electron chi connectivity index (χ0n) is 11.4. The molecule has 1 aliphatic rings. The van der Waals surface area contributed by atoms with E-state index in [1.807, 2.05) is 0 Å². The lowest BCUT2D eigenvalue weighted by Gasteiger charge is -2.36. The fourth-order valence-electron chi connectivity index (χ4n) is 2.53. The fraction of sp³-hybridized carbons (Fsp3) is 0.846. The maximum Gasteiger partial charge on any atom is 0.325 e. The SMILES string of the molecule is CCCC1(C(=O)NCC(=O)OCC)CCNCC1. The van der Waals surface area contributed by atoms with E-state index in [2.05, 4.69) is 17.6 Å². The van der Waals surface area contributed by atoms with E-state index in [0.717, 1.165) is 38.8 Å². The molecule has 0 spiro atoms. The van der Waals surface area contributed by atoms with Gasteiger partial charge in [0.05, 0.1) is 12.0 Å². The Morgan fingerprint density at radius 1 is 1.28 bits per heavy atom. The summed E-state index contributed by atoms with van der Waals surface area (Å²) in [6.07, 6.45) is 3.54. The Kier molecular flexibility index (Phi) is 6.12. The maximum atomic E-state index is 12.3. The van der Waals surface area contributed by atoms with Gasteiger partial charge in [-0.15, -0.1) is 0 Å². The van der Waals surface area contributed by atoms with Crippen LogP contribution in [0.3, 0.4) is 0 Å². The Hall–Kier alpha value is -1.10. The average molecular weight is 256 g/mol. The second-order valence-electron chi connectivity index (χ2n) is 4.77. The predicted molar refractivity (Wildman–Crippen MR) is 69.1 cm³/mol. The molecule has 0 radical (unpaired) electrons. The van der Waals surface area contributed by atoms with Crippen molar-refractivity contribution in [1.29, 1.82) is 0 Å². The number of hydrogen-bond acceptors (Lipinski definition) is 4. The van der Waals surface area contributed by atoms with Gasteiger partial charge in [0, 0.05) is 0 Å². The first-order valence-corrected chi connectivity index (χ1v) is 6.79. The largest absolute Gasteiger partial charge is 0.465 e. The molecule has 5 heteroatoms. The number of hydrogen-bond donors (Lipinski definition) is 2. The molecule has 0 aromatic rings. The number of rotatable bonds is 6. The highest BCUT2D eigenvalue weighted by Gasteiger charge is 2.38. The lowest BCUT2D eigenvalue weighted by molar-refractivity contribution is -0.145. The van der Waals surface area contributed by atoms with E-state index in [9.17, 15) is 9.59 Å². The molecule has 1 amide bonds. The Morgan fingerprint density at radius 2 is 1.94 bits per heavy atom. The summed E-state index contributed by atoms with van der Waals surface area (Å²) in [4.78, 5) is 23.5. The molecule has 0 saturated carbocycles. The molecule has 1 saturated heterocycles. The number of carbonyl (C=O) groups is 2. The Balaban J connectivity index is 2.51. The maximum absolute atomic E-state index is 12.3. The minimum absolute atomic E-state index is 0.00102. The predicted octanol–water partition coefficient (Wildman–Crippen LogP) is 0.836. The summed E-state index contributed by atoms with van der Waals surface area (Å²) in [7, 11) is 0. The smallest absolute Gasteiger partial charge is 0.325 e. The highest BCUT2D eigenvalue weighted by molar-refractivity contribution is 5.86. The molecule has 5 nitrogen and oxygen atoms in total. The van der Waals surface area contributed by atoms with E-state index in [1.54, 1.807) is 6.92 Å². The Bertz CT molecular complexity index is 280. The molecule has 0 atom stereocenters. The lowest BCUT2D eigenvalue weighted by Crippen LogP contribution is -2.48. The van der Waals surface area contributed by atoms with Gasteiger partial charge in [0.1, 0.15) is 6.54 Å². The molecule has 0 aliphatic carbocycles. The van der Waals surface area contributed by atoms with E-state index >= 15 is 0 Å². The molecule has 2 N–H and O–H groups in total. The Morgan fingerprint density at radius 3 is 2.50 bits per heavy atom. The summed E-state index contributed by atoms with van der Waals surface area (Å²) in [5, 5.41) is 5.99. The molecule has 1 aliphatic heterocycles. The number of carbonyl (C=O) groups excluding carboxylic acids is 2. The van der Waals surface area contributed by atoms with Crippen molar-refractivity contribution in [3.05, 3.63) is 0 Å². The van der Waals surface area contributed by atoms with Crippen LogP contribution in [0.5, 0.6) is 0 Å². The molecular formula is C13H24N2O3. The van der Waals surface area contributed by atoms with Crippen molar-refractivity contribution in [2.75, 3.05) is 26.2 Å². The van der Waals surface area contributed by atoms with E-state index in [0.29, 0.717) is 6.61 Å². The fourth-order valence-corrected chi connectivity index (χ4v) is 2.53. The van der Waals surface area contributed by atoms with Crippen LogP contribution in [0.2, 0.25) is 0 Å². The molecule has 1 rings (SSSR count). The standard InChI is InChI=1S/C13H24N2O3/c1-3-5-13(6-8-14-9-7-13)12(17)15-10-11(16)18-4-2/h14H,3-10H2,1-2H3,(H,15,17). The first-order chi connectivity index (χ1) is 8.64. The van der Waals surface area contributed by atoms with Crippen molar-refractivity contribution in [3.8, 4) is 0 Å². The second kappa shape index (κ2) is 7.36. The van der Waals surface area contributed by atoms with E-state index in [4.69, 9.17) is 4.74 Å². The van der Waals surface area contributed by atoms with Crippen LogP contribution in [-0.4, -0.2) is 38.1 Å². The molecular weight excluding hydrogens is 232 g/mol. The quantitative estimate of drug-likeness (QED) is 0.691. The summed E-state index contributed by atoms with van der Waals surface area (Å²) >= 11 is 0. The van der Waals surface area contributed by atoms with E-state index < -0.39 is 0 Å². The van der Waals surface area contributed by atoms with Crippen molar-refractivity contribution in [1.82, 2.24) is 10.6 Å². The summed E-state index contributed by atoms with van der Waals surface area (Å²) < 4.78 is 4.81. The van der Waals surface area contributed by atoms with Crippen LogP contribution in [0, 0.1) is 5.41 Å².